The van der Waals surface area contributed by atoms with Crippen LogP contribution in [-0.2, 0) is 0 Å². The van der Waals surface area contributed by atoms with Crippen LogP contribution in [0.25, 0.3) is 11.3 Å². The first kappa shape index (κ1) is 12.0. The third-order valence-electron chi connectivity index (χ3n) is 3.56. The number of amides is 1. The van der Waals surface area contributed by atoms with E-state index in [1.54, 1.807) is 12.5 Å². The average molecular weight is 255 g/mol. The number of benzene rings is 1. The molecule has 1 fully saturated rings. The summed E-state index contributed by atoms with van der Waals surface area (Å²) < 4.78 is 0. The normalized spacial score (nSPS) is 15.5. The molecule has 4 heteroatoms. The van der Waals surface area contributed by atoms with Crippen molar-refractivity contribution in [3.05, 3.63) is 42.4 Å². The molecule has 1 aromatic heterocycles. The molecular formula is C15H17N3O. The molecule has 19 heavy (non-hydrogen) atoms. The van der Waals surface area contributed by atoms with E-state index in [1.807, 2.05) is 29.2 Å². The molecule has 0 saturated carbocycles. The minimum absolute atomic E-state index is 0.140. The van der Waals surface area contributed by atoms with E-state index in [-0.39, 0.29) is 5.91 Å². The van der Waals surface area contributed by atoms with E-state index in [9.17, 15) is 4.79 Å². The first-order valence-corrected chi connectivity index (χ1v) is 6.73. The number of nitrogens with zero attached hydrogens (tertiary/aromatic N) is 2. The third-order valence-corrected chi connectivity index (χ3v) is 3.56. The van der Waals surface area contributed by atoms with Crippen LogP contribution in [0.5, 0.6) is 0 Å². The van der Waals surface area contributed by atoms with E-state index in [0.29, 0.717) is 0 Å². The number of aromatic amines is 1. The number of carbonyl (C=O) groups excluding carboxylic acids is 1. The third kappa shape index (κ3) is 2.52. The molecule has 1 N–H and O–H groups in total. The maximum atomic E-state index is 12.4. The molecule has 1 aromatic carbocycles. The van der Waals surface area contributed by atoms with E-state index in [0.717, 1.165) is 42.8 Å². The Morgan fingerprint density at radius 2 is 2.05 bits per heavy atom. The second-order valence-corrected chi connectivity index (χ2v) is 4.90. The van der Waals surface area contributed by atoms with Gasteiger partial charge in [-0.2, -0.15) is 0 Å². The maximum absolute atomic E-state index is 12.4. The summed E-state index contributed by atoms with van der Waals surface area (Å²) in [6.45, 7) is 1.76. The number of H-pyrrole nitrogens is 1. The van der Waals surface area contributed by atoms with Crippen LogP contribution in [0.4, 0.5) is 0 Å². The highest BCUT2D eigenvalue weighted by atomic mass is 16.2. The molecule has 3 rings (SSSR count). The van der Waals surface area contributed by atoms with Crippen LogP contribution in [0.3, 0.4) is 0 Å². The molecule has 1 aliphatic rings. The van der Waals surface area contributed by atoms with Gasteiger partial charge in [0.05, 0.1) is 18.2 Å². The lowest BCUT2D eigenvalue weighted by atomic mass is 10.1. The molecule has 0 unspecified atom stereocenters. The first-order chi connectivity index (χ1) is 9.34. The predicted molar refractivity (Wildman–Crippen MR) is 73.8 cm³/mol. The van der Waals surface area contributed by atoms with Gasteiger partial charge in [-0.15, -0.1) is 0 Å². The average Bonchev–Trinajstić information content (AvgIpc) is 3.02. The minimum atomic E-state index is 0.140. The summed E-state index contributed by atoms with van der Waals surface area (Å²) in [6, 6.07) is 7.73. The van der Waals surface area contributed by atoms with Gasteiger partial charge in [0.25, 0.3) is 5.91 Å². The van der Waals surface area contributed by atoms with E-state index in [4.69, 9.17) is 0 Å². The summed E-state index contributed by atoms with van der Waals surface area (Å²) in [4.78, 5) is 21.5. The smallest absolute Gasteiger partial charge is 0.253 e. The molecule has 0 spiro atoms. The molecule has 1 amide bonds. The van der Waals surface area contributed by atoms with Crippen molar-refractivity contribution in [1.82, 2.24) is 14.9 Å². The van der Waals surface area contributed by atoms with Gasteiger partial charge in [-0.25, -0.2) is 4.98 Å². The fourth-order valence-electron chi connectivity index (χ4n) is 2.51. The van der Waals surface area contributed by atoms with Crippen molar-refractivity contribution < 1.29 is 4.79 Å². The van der Waals surface area contributed by atoms with Crippen LogP contribution in [0.15, 0.2) is 36.8 Å². The fraction of sp³-hybridized carbons (Fsp3) is 0.333. The Morgan fingerprint density at radius 1 is 1.21 bits per heavy atom. The van der Waals surface area contributed by atoms with E-state index in [1.165, 1.54) is 6.42 Å². The lowest BCUT2D eigenvalue weighted by Crippen LogP contribution is -2.35. The summed E-state index contributed by atoms with van der Waals surface area (Å²) in [5, 5.41) is 0. The van der Waals surface area contributed by atoms with E-state index >= 15 is 0 Å². The zero-order chi connectivity index (χ0) is 13.1. The van der Waals surface area contributed by atoms with Gasteiger partial charge in [0.1, 0.15) is 0 Å². The molecule has 0 atom stereocenters. The number of nitrogens with one attached hydrogen (secondary N) is 1. The summed E-state index contributed by atoms with van der Waals surface area (Å²) in [5.41, 5.74) is 2.70. The molecule has 98 valence electrons. The SMILES string of the molecule is O=C(c1cccc(-c2cnc[nH]2)c1)N1CCCCC1. The molecule has 4 nitrogen and oxygen atoms in total. The molecule has 2 aromatic rings. The van der Waals surface area contributed by atoms with Gasteiger partial charge < -0.3 is 9.88 Å². The van der Waals surface area contributed by atoms with Crippen molar-refractivity contribution in [2.24, 2.45) is 0 Å². The highest BCUT2D eigenvalue weighted by Crippen LogP contribution is 2.19. The number of hydrogen-bond donors (Lipinski definition) is 1. The van der Waals surface area contributed by atoms with Crippen molar-refractivity contribution >= 4 is 5.91 Å². The molecular weight excluding hydrogens is 238 g/mol. The maximum Gasteiger partial charge on any atom is 0.253 e. The van der Waals surface area contributed by atoms with Gasteiger partial charge in [-0.3, -0.25) is 4.79 Å². The van der Waals surface area contributed by atoms with Gasteiger partial charge in [-0.1, -0.05) is 12.1 Å². The van der Waals surface area contributed by atoms with Crippen LogP contribution >= 0.6 is 0 Å². The van der Waals surface area contributed by atoms with Crippen LogP contribution in [0.1, 0.15) is 29.6 Å². The number of piperidine rings is 1. The van der Waals surface area contributed by atoms with Crippen LogP contribution < -0.4 is 0 Å². The summed E-state index contributed by atoms with van der Waals surface area (Å²) in [6.07, 6.45) is 6.88. The Labute approximate surface area is 112 Å². The Balaban J connectivity index is 1.84. The molecule has 2 heterocycles. The van der Waals surface area contributed by atoms with E-state index < -0.39 is 0 Å². The largest absolute Gasteiger partial charge is 0.345 e. The monoisotopic (exact) mass is 255 g/mol. The number of hydrogen-bond acceptors (Lipinski definition) is 2. The number of aromatic nitrogens is 2. The number of carbonyl (C=O) groups is 1. The summed E-state index contributed by atoms with van der Waals surface area (Å²) in [7, 11) is 0. The minimum Gasteiger partial charge on any atom is -0.345 e. The number of rotatable bonds is 2. The van der Waals surface area contributed by atoms with Gasteiger partial charge in [0.15, 0.2) is 0 Å². The van der Waals surface area contributed by atoms with Crippen LogP contribution in [0.2, 0.25) is 0 Å². The highest BCUT2D eigenvalue weighted by molar-refractivity contribution is 5.95. The van der Waals surface area contributed by atoms with Crippen molar-refractivity contribution in [2.45, 2.75) is 19.3 Å². The Morgan fingerprint density at radius 3 is 2.79 bits per heavy atom. The Hall–Kier alpha value is -2.10. The van der Waals surface area contributed by atoms with Gasteiger partial charge >= 0.3 is 0 Å². The molecule has 1 aliphatic heterocycles. The fourth-order valence-corrected chi connectivity index (χ4v) is 2.51. The Bertz CT molecular complexity index is 557. The lowest BCUT2D eigenvalue weighted by molar-refractivity contribution is 0.0724. The Kier molecular flexibility index (Phi) is 3.31. The van der Waals surface area contributed by atoms with Gasteiger partial charge in [-0.05, 0) is 31.4 Å². The van der Waals surface area contributed by atoms with Crippen molar-refractivity contribution in [3.63, 3.8) is 0 Å². The van der Waals surface area contributed by atoms with Gasteiger partial charge in [0, 0.05) is 24.2 Å². The van der Waals surface area contributed by atoms with Crippen LogP contribution in [-0.4, -0.2) is 33.9 Å². The second kappa shape index (κ2) is 5.26. The molecule has 0 aliphatic carbocycles. The lowest BCUT2D eigenvalue weighted by Gasteiger charge is -2.26. The highest BCUT2D eigenvalue weighted by Gasteiger charge is 2.18. The number of imidazole rings is 1. The van der Waals surface area contributed by atoms with E-state index in [2.05, 4.69) is 9.97 Å². The zero-order valence-corrected chi connectivity index (χ0v) is 10.8. The van der Waals surface area contributed by atoms with Crippen LogP contribution in [0, 0.1) is 0 Å². The van der Waals surface area contributed by atoms with Crippen molar-refractivity contribution in [1.29, 1.82) is 0 Å². The van der Waals surface area contributed by atoms with Crippen molar-refractivity contribution in [2.75, 3.05) is 13.1 Å². The second-order valence-electron chi connectivity index (χ2n) is 4.90. The van der Waals surface area contributed by atoms with Crippen molar-refractivity contribution in [3.8, 4) is 11.3 Å². The molecule has 1 saturated heterocycles. The topological polar surface area (TPSA) is 49.0 Å². The number of likely N-dealkylation sites (tertiary alicyclic amines) is 1. The summed E-state index contributed by atoms with van der Waals surface area (Å²) >= 11 is 0. The predicted octanol–water partition coefficient (Wildman–Crippen LogP) is 2.70. The zero-order valence-electron chi connectivity index (χ0n) is 10.8. The van der Waals surface area contributed by atoms with Gasteiger partial charge in [0.2, 0.25) is 0 Å². The first-order valence-electron chi connectivity index (χ1n) is 6.73. The molecule has 0 radical (unpaired) electrons. The molecule has 0 bridgehead atoms. The summed E-state index contributed by atoms with van der Waals surface area (Å²) in [5.74, 6) is 0.140. The standard InChI is InChI=1S/C15H17N3O/c19-15(18-7-2-1-3-8-18)13-6-4-5-12(9-13)14-10-16-11-17-14/h4-6,9-11H,1-3,7-8H2,(H,16,17). The quantitative estimate of drug-likeness (QED) is 0.897.